The first-order chi connectivity index (χ1) is 13.2. The first-order valence-electron chi connectivity index (χ1n) is 9.88. The fourth-order valence-corrected chi connectivity index (χ4v) is 3.77. The SMILES string of the molecule is C=CCOc1ccc(C(CCC)(CCC)c2ccc(OCC=C)cc2)cc1. The van der Waals surface area contributed by atoms with E-state index in [1.165, 1.54) is 11.1 Å². The Morgan fingerprint density at radius 2 is 1.07 bits per heavy atom. The van der Waals surface area contributed by atoms with Crippen molar-refractivity contribution in [1.82, 2.24) is 0 Å². The molecule has 0 aliphatic heterocycles. The van der Waals surface area contributed by atoms with Gasteiger partial charge in [-0.1, -0.05) is 76.3 Å². The van der Waals surface area contributed by atoms with Gasteiger partial charge < -0.3 is 9.47 Å². The second-order valence-electron chi connectivity index (χ2n) is 6.83. The van der Waals surface area contributed by atoms with Crippen molar-refractivity contribution in [3.8, 4) is 11.5 Å². The molecule has 27 heavy (non-hydrogen) atoms. The molecule has 2 aromatic carbocycles. The molecule has 0 radical (unpaired) electrons. The van der Waals surface area contributed by atoms with Gasteiger partial charge in [-0.2, -0.15) is 0 Å². The minimum Gasteiger partial charge on any atom is -0.490 e. The summed E-state index contributed by atoms with van der Waals surface area (Å²) >= 11 is 0. The third-order valence-corrected chi connectivity index (χ3v) is 4.90. The third-order valence-electron chi connectivity index (χ3n) is 4.90. The van der Waals surface area contributed by atoms with Crippen LogP contribution in [-0.4, -0.2) is 13.2 Å². The summed E-state index contributed by atoms with van der Waals surface area (Å²) < 4.78 is 11.3. The van der Waals surface area contributed by atoms with Crippen LogP contribution in [0.1, 0.15) is 50.7 Å². The summed E-state index contributed by atoms with van der Waals surface area (Å²) in [6, 6.07) is 17.1. The van der Waals surface area contributed by atoms with Crippen LogP contribution in [-0.2, 0) is 5.41 Å². The van der Waals surface area contributed by atoms with Gasteiger partial charge in [0, 0.05) is 5.41 Å². The van der Waals surface area contributed by atoms with Gasteiger partial charge in [-0.3, -0.25) is 0 Å². The Balaban J connectivity index is 2.39. The number of hydrogen-bond acceptors (Lipinski definition) is 2. The molecule has 0 aliphatic carbocycles. The zero-order valence-corrected chi connectivity index (χ0v) is 16.7. The van der Waals surface area contributed by atoms with E-state index in [4.69, 9.17) is 9.47 Å². The van der Waals surface area contributed by atoms with Crippen molar-refractivity contribution in [1.29, 1.82) is 0 Å². The van der Waals surface area contributed by atoms with Gasteiger partial charge in [0.05, 0.1) is 0 Å². The maximum Gasteiger partial charge on any atom is 0.119 e. The molecule has 0 saturated carbocycles. The van der Waals surface area contributed by atoms with Crippen LogP contribution < -0.4 is 9.47 Å². The predicted molar refractivity (Wildman–Crippen MR) is 115 cm³/mol. The molecule has 144 valence electrons. The highest BCUT2D eigenvalue weighted by Crippen LogP contribution is 2.42. The highest BCUT2D eigenvalue weighted by molar-refractivity contribution is 5.43. The Hall–Kier alpha value is -2.48. The monoisotopic (exact) mass is 364 g/mol. The van der Waals surface area contributed by atoms with Crippen molar-refractivity contribution in [2.45, 2.75) is 44.9 Å². The van der Waals surface area contributed by atoms with E-state index >= 15 is 0 Å². The van der Waals surface area contributed by atoms with Gasteiger partial charge in [0.1, 0.15) is 24.7 Å². The number of rotatable bonds is 12. The second kappa shape index (κ2) is 10.6. The Labute approximate surface area is 164 Å². The minimum absolute atomic E-state index is 0.0113. The van der Waals surface area contributed by atoms with E-state index in [1.807, 2.05) is 0 Å². The molecule has 0 amide bonds. The topological polar surface area (TPSA) is 18.5 Å². The summed E-state index contributed by atoms with van der Waals surface area (Å²) in [5.41, 5.74) is 2.70. The van der Waals surface area contributed by atoms with Crippen LogP contribution in [0.15, 0.2) is 73.8 Å². The van der Waals surface area contributed by atoms with Gasteiger partial charge >= 0.3 is 0 Å². The summed E-state index contributed by atoms with van der Waals surface area (Å²) in [5, 5.41) is 0. The molecular formula is C25H32O2. The Morgan fingerprint density at radius 3 is 1.37 bits per heavy atom. The first-order valence-corrected chi connectivity index (χ1v) is 9.88. The molecule has 0 bridgehead atoms. The normalized spacial score (nSPS) is 11.0. The lowest BCUT2D eigenvalue weighted by atomic mass is 9.68. The molecule has 2 aromatic rings. The lowest BCUT2D eigenvalue weighted by molar-refractivity contribution is 0.361. The van der Waals surface area contributed by atoms with Crippen molar-refractivity contribution in [3.63, 3.8) is 0 Å². The zero-order valence-electron chi connectivity index (χ0n) is 16.7. The van der Waals surface area contributed by atoms with Crippen molar-refractivity contribution >= 4 is 0 Å². The Morgan fingerprint density at radius 1 is 0.704 bits per heavy atom. The van der Waals surface area contributed by atoms with E-state index in [1.54, 1.807) is 12.2 Å². The molecule has 0 fully saturated rings. The van der Waals surface area contributed by atoms with Crippen LogP contribution in [0.5, 0.6) is 11.5 Å². The average molecular weight is 365 g/mol. The van der Waals surface area contributed by atoms with Crippen molar-refractivity contribution in [2.75, 3.05) is 13.2 Å². The summed E-state index contributed by atoms with van der Waals surface area (Å²) in [4.78, 5) is 0. The van der Waals surface area contributed by atoms with Crippen molar-refractivity contribution < 1.29 is 9.47 Å². The largest absolute Gasteiger partial charge is 0.490 e. The van der Waals surface area contributed by atoms with Crippen molar-refractivity contribution in [3.05, 3.63) is 85.0 Å². The summed E-state index contributed by atoms with van der Waals surface area (Å²) in [6.07, 6.45) is 8.01. The third kappa shape index (κ3) is 5.26. The van der Waals surface area contributed by atoms with E-state index < -0.39 is 0 Å². The zero-order chi connectivity index (χ0) is 19.5. The predicted octanol–water partition coefficient (Wildman–Crippen LogP) is 6.70. The van der Waals surface area contributed by atoms with Gasteiger partial charge in [-0.25, -0.2) is 0 Å². The van der Waals surface area contributed by atoms with Gasteiger partial charge in [0.2, 0.25) is 0 Å². The summed E-state index contributed by atoms with van der Waals surface area (Å²) in [6.45, 7) is 13.0. The first kappa shape index (κ1) is 20.8. The average Bonchev–Trinajstić information content (AvgIpc) is 2.71. The molecule has 2 nitrogen and oxygen atoms in total. The molecule has 2 rings (SSSR count). The van der Waals surface area contributed by atoms with Crippen molar-refractivity contribution in [2.24, 2.45) is 0 Å². The fraction of sp³-hybridized carbons (Fsp3) is 0.360. The molecule has 0 unspecified atom stereocenters. The molecule has 2 heteroatoms. The number of benzene rings is 2. The highest BCUT2D eigenvalue weighted by Gasteiger charge is 2.32. The molecule has 0 aliphatic rings. The van der Waals surface area contributed by atoms with Gasteiger partial charge in [-0.05, 0) is 48.2 Å². The van der Waals surface area contributed by atoms with Crippen LogP contribution in [0.25, 0.3) is 0 Å². The second-order valence-corrected chi connectivity index (χ2v) is 6.83. The number of ether oxygens (including phenoxy) is 2. The highest BCUT2D eigenvalue weighted by atomic mass is 16.5. The van der Waals surface area contributed by atoms with Crippen LogP contribution in [0.3, 0.4) is 0 Å². The molecular weight excluding hydrogens is 332 g/mol. The lowest BCUT2D eigenvalue weighted by Crippen LogP contribution is -2.27. The van der Waals surface area contributed by atoms with E-state index in [-0.39, 0.29) is 5.41 Å². The van der Waals surface area contributed by atoms with E-state index in [0.717, 1.165) is 37.2 Å². The molecule has 0 heterocycles. The quantitative estimate of drug-likeness (QED) is 0.390. The van der Waals surface area contributed by atoms with Crippen LogP contribution >= 0.6 is 0 Å². The summed E-state index contributed by atoms with van der Waals surface area (Å²) in [7, 11) is 0. The smallest absolute Gasteiger partial charge is 0.119 e. The lowest BCUT2D eigenvalue weighted by Gasteiger charge is -2.35. The standard InChI is InChI=1S/C25H32O2/c1-5-17-25(18-6-2,21-9-13-23(14-10-21)26-19-7-3)22-11-15-24(16-12-22)27-20-8-4/h7-16H,3-6,17-20H2,1-2H3. The van der Waals surface area contributed by atoms with E-state index in [9.17, 15) is 0 Å². The van der Waals surface area contributed by atoms with Gasteiger partial charge in [-0.15, -0.1) is 0 Å². The molecule has 0 spiro atoms. The van der Waals surface area contributed by atoms with Crippen LogP contribution in [0.2, 0.25) is 0 Å². The Bertz CT molecular complexity index is 635. The van der Waals surface area contributed by atoms with E-state index in [0.29, 0.717) is 13.2 Å². The molecule has 0 saturated heterocycles. The number of hydrogen-bond donors (Lipinski definition) is 0. The maximum absolute atomic E-state index is 5.66. The van der Waals surface area contributed by atoms with E-state index in [2.05, 4.69) is 75.5 Å². The summed E-state index contributed by atoms with van der Waals surface area (Å²) in [5.74, 6) is 1.77. The van der Waals surface area contributed by atoms with Crippen LogP contribution in [0.4, 0.5) is 0 Å². The fourth-order valence-electron chi connectivity index (χ4n) is 3.77. The molecule has 0 N–H and O–H groups in total. The Kier molecular flexibility index (Phi) is 8.19. The molecule has 0 aromatic heterocycles. The minimum atomic E-state index is 0.0113. The maximum atomic E-state index is 5.66. The molecule has 0 atom stereocenters. The van der Waals surface area contributed by atoms with Gasteiger partial charge in [0.25, 0.3) is 0 Å². The van der Waals surface area contributed by atoms with Crippen LogP contribution in [0, 0.1) is 0 Å². The van der Waals surface area contributed by atoms with Gasteiger partial charge in [0.15, 0.2) is 0 Å².